The zero-order chi connectivity index (χ0) is 17.7. The third-order valence-corrected chi connectivity index (χ3v) is 3.22. The van der Waals surface area contributed by atoms with Crippen molar-refractivity contribution >= 4 is 23.6 Å². The smallest absolute Gasteiger partial charge is 0.344 e. The highest BCUT2D eigenvalue weighted by Gasteiger charge is 2.13. The van der Waals surface area contributed by atoms with Crippen LogP contribution in [0.2, 0.25) is 0 Å². The number of aliphatic carboxylic acids is 1. The maximum atomic E-state index is 11.1. The Hall–Kier alpha value is -3.22. The van der Waals surface area contributed by atoms with Crippen molar-refractivity contribution in [1.82, 2.24) is 0 Å². The number of benzene rings is 2. The fraction of sp³-hybridized carbons (Fsp3) is 0.176. The highest BCUT2D eigenvalue weighted by atomic mass is 16.6. The van der Waals surface area contributed by atoms with Gasteiger partial charge in [0.1, 0.15) is 11.4 Å². The van der Waals surface area contributed by atoms with E-state index in [-0.39, 0.29) is 11.4 Å². The second-order valence-corrected chi connectivity index (χ2v) is 5.17. The first-order chi connectivity index (χ1) is 11.4. The van der Waals surface area contributed by atoms with Gasteiger partial charge in [-0.3, -0.25) is 10.1 Å². The number of nitro benzene ring substituents is 1. The minimum Gasteiger partial charge on any atom is -0.479 e. The molecule has 1 N–H and O–H groups in total. The minimum absolute atomic E-state index is 0.0542. The van der Waals surface area contributed by atoms with E-state index >= 15 is 0 Å². The average Bonchev–Trinajstić information content (AvgIpc) is 2.54. The number of carboxylic acid groups (broad SMARTS) is 1. The Morgan fingerprint density at radius 1 is 1.29 bits per heavy atom. The normalized spacial score (nSPS) is 12.1. The lowest BCUT2D eigenvalue weighted by atomic mass is 10.2. The highest BCUT2D eigenvalue weighted by molar-refractivity contribution is 5.83. The molecule has 0 saturated carbocycles. The van der Waals surface area contributed by atoms with Gasteiger partial charge in [0.15, 0.2) is 6.10 Å². The van der Waals surface area contributed by atoms with Gasteiger partial charge in [0.25, 0.3) is 5.69 Å². The molecule has 2 rings (SSSR count). The maximum Gasteiger partial charge on any atom is 0.344 e. The molecule has 7 nitrogen and oxygen atoms in total. The van der Waals surface area contributed by atoms with Crippen molar-refractivity contribution in [2.24, 2.45) is 4.99 Å². The Labute approximate surface area is 138 Å². The highest BCUT2D eigenvalue weighted by Crippen LogP contribution is 2.28. The Balaban J connectivity index is 2.15. The number of carboxylic acids is 1. The van der Waals surface area contributed by atoms with Crippen LogP contribution in [0.5, 0.6) is 5.75 Å². The molecule has 0 aromatic heterocycles. The molecule has 0 bridgehead atoms. The molecule has 24 heavy (non-hydrogen) atoms. The molecule has 0 amide bonds. The third kappa shape index (κ3) is 4.39. The number of aliphatic imine (C=N–C) groups is 1. The van der Waals surface area contributed by atoms with E-state index < -0.39 is 17.0 Å². The van der Waals surface area contributed by atoms with Gasteiger partial charge in [-0.25, -0.2) is 9.79 Å². The predicted molar refractivity (Wildman–Crippen MR) is 89.3 cm³/mol. The molecule has 1 unspecified atom stereocenters. The fourth-order valence-corrected chi connectivity index (χ4v) is 1.92. The van der Waals surface area contributed by atoms with Crippen LogP contribution in [-0.4, -0.2) is 28.3 Å². The van der Waals surface area contributed by atoms with Gasteiger partial charge in [0.2, 0.25) is 0 Å². The van der Waals surface area contributed by atoms with Crippen molar-refractivity contribution < 1.29 is 19.6 Å². The van der Waals surface area contributed by atoms with Gasteiger partial charge in [0, 0.05) is 12.3 Å². The number of ether oxygens (including phenoxy) is 1. The van der Waals surface area contributed by atoms with Gasteiger partial charge in [-0.15, -0.1) is 0 Å². The first-order valence-corrected chi connectivity index (χ1v) is 7.15. The van der Waals surface area contributed by atoms with E-state index in [1.54, 1.807) is 43.3 Å². The molecule has 124 valence electrons. The van der Waals surface area contributed by atoms with Crippen LogP contribution in [0.25, 0.3) is 0 Å². The van der Waals surface area contributed by atoms with E-state index in [0.29, 0.717) is 11.3 Å². The van der Waals surface area contributed by atoms with Crippen LogP contribution in [0.4, 0.5) is 11.4 Å². The summed E-state index contributed by atoms with van der Waals surface area (Å²) in [5.41, 5.74) is 1.71. The topological polar surface area (TPSA) is 102 Å². The lowest BCUT2D eigenvalue weighted by molar-refractivity contribution is -0.384. The van der Waals surface area contributed by atoms with Crippen molar-refractivity contribution in [3.8, 4) is 5.75 Å². The summed E-state index contributed by atoms with van der Waals surface area (Å²) in [6.45, 7) is 3.21. The molecule has 0 aliphatic rings. The third-order valence-electron chi connectivity index (χ3n) is 3.22. The summed E-state index contributed by atoms with van der Waals surface area (Å²) in [5.74, 6) is -0.629. The fourth-order valence-electron chi connectivity index (χ4n) is 1.92. The van der Waals surface area contributed by atoms with E-state index in [9.17, 15) is 14.9 Å². The first kappa shape index (κ1) is 17.1. The second-order valence-electron chi connectivity index (χ2n) is 5.17. The second kappa shape index (κ2) is 7.36. The lowest BCUT2D eigenvalue weighted by Crippen LogP contribution is -2.22. The quantitative estimate of drug-likeness (QED) is 0.496. The zero-order valence-electron chi connectivity index (χ0n) is 13.2. The molecule has 0 radical (unpaired) electrons. The zero-order valence-corrected chi connectivity index (χ0v) is 13.2. The van der Waals surface area contributed by atoms with Crippen LogP contribution in [0, 0.1) is 17.0 Å². The van der Waals surface area contributed by atoms with E-state index in [4.69, 9.17) is 9.84 Å². The molecule has 0 saturated heterocycles. The summed E-state index contributed by atoms with van der Waals surface area (Å²) < 4.78 is 5.22. The van der Waals surface area contributed by atoms with E-state index in [0.717, 1.165) is 5.56 Å². The molecule has 2 aromatic rings. The Morgan fingerprint density at radius 3 is 2.54 bits per heavy atom. The molecule has 2 aromatic carbocycles. The van der Waals surface area contributed by atoms with Crippen LogP contribution in [-0.2, 0) is 4.79 Å². The van der Waals surface area contributed by atoms with Gasteiger partial charge in [-0.05, 0) is 55.3 Å². The summed E-state index contributed by atoms with van der Waals surface area (Å²) >= 11 is 0. The Kier molecular flexibility index (Phi) is 5.26. The average molecular weight is 328 g/mol. The number of nitrogens with zero attached hydrogens (tertiary/aromatic N) is 2. The molecule has 0 aliphatic heterocycles. The Morgan fingerprint density at radius 2 is 1.96 bits per heavy atom. The molecule has 1 atom stereocenters. The molecular weight excluding hydrogens is 312 g/mol. The van der Waals surface area contributed by atoms with Gasteiger partial charge in [0.05, 0.1) is 4.92 Å². The van der Waals surface area contributed by atoms with Crippen LogP contribution >= 0.6 is 0 Å². The van der Waals surface area contributed by atoms with Crippen molar-refractivity contribution in [3.05, 3.63) is 63.7 Å². The van der Waals surface area contributed by atoms with Crippen LogP contribution in [0.1, 0.15) is 18.1 Å². The van der Waals surface area contributed by atoms with Gasteiger partial charge >= 0.3 is 5.97 Å². The SMILES string of the molecule is Cc1ccc(N=Cc2ccc(OC(C)C(=O)O)cc2)c([N+](=O)[O-])c1. The summed E-state index contributed by atoms with van der Waals surface area (Å²) in [6.07, 6.45) is 0.557. The van der Waals surface area contributed by atoms with Crippen molar-refractivity contribution in [2.75, 3.05) is 0 Å². The molecule has 7 heteroatoms. The molecule has 0 heterocycles. The standard InChI is InChI=1S/C17H16N2O5/c1-11-3-8-15(16(9-11)19(22)23)18-10-13-4-6-14(7-5-13)24-12(2)17(20)21/h3-10,12H,1-2H3,(H,20,21). The molecule has 0 fully saturated rings. The predicted octanol–water partition coefficient (Wildman–Crippen LogP) is 3.51. The van der Waals surface area contributed by atoms with Crippen LogP contribution in [0.3, 0.4) is 0 Å². The largest absolute Gasteiger partial charge is 0.479 e. The van der Waals surface area contributed by atoms with Crippen LogP contribution < -0.4 is 4.74 Å². The molecule has 0 aliphatic carbocycles. The number of rotatable bonds is 6. The summed E-state index contributed by atoms with van der Waals surface area (Å²) in [7, 11) is 0. The lowest BCUT2D eigenvalue weighted by Gasteiger charge is -2.09. The molecule has 0 spiro atoms. The van der Waals surface area contributed by atoms with E-state index in [2.05, 4.69) is 4.99 Å². The minimum atomic E-state index is -1.05. The molecular formula is C17H16N2O5. The van der Waals surface area contributed by atoms with Crippen molar-refractivity contribution in [3.63, 3.8) is 0 Å². The number of nitro groups is 1. The van der Waals surface area contributed by atoms with Gasteiger partial charge in [-0.1, -0.05) is 6.07 Å². The number of hydrogen-bond acceptors (Lipinski definition) is 5. The maximum absolute atomic E-state index is 11.1. The van der Waals surface area contributed by atoms with Gasteiger partial charge < -0.3 is 9.84 Å². The van der Waals surface area contributed by atoms with Crippen molar-refractivity contribution in [2.45, 2.75) is 20.0 Å². The number of aryl methyl sites for hydroxylation is 1. The monoisotopic (exact) mass is 328 g/mol. The summed E-state index contributed by atoms with van der Waals surface area (Å²) in [5, 5.41) is 19.9. The number of carbonyl (C=O) groups is 1. The summed E-state index contributed by atoms with van der Waals surface area (Å²) in [6, 6.07) is 11.4. The summed E-state index contributed by atoms with van der Waals surface area (Å²) in [4.78, 5) is 25.5. The van der Waals surface area contributed by atoms with E-state index in [1.807, 2.05) is 0 Å². The van der Waals surface area contributed by atoms with Crippen molar-refractivity contribution in [1.29, 1.82) is 0 Å². The number of hydrogen-bond donors (Lipinski definition) is 1. The first-order valence-electron chi connectivity index (χ1n) is 7.15. The Bertz CT molecular complexity index is 784. The van der Waals surface area contributed by atoms with Crippen LogP contribution in [0.15, 0.2) is 47.5 Å². The van der Waals surface area contributed by atoms with E-state index in [1.165, 1.54) is 19.2 Å². The van der Waals surface area contributed by atoms with Gasteiger partial charge in [-0.2, -0.15) is 0 Å².